The standard InChI is InChI=1S/C25H41FN6/c1-18(26)9-6-12-23(29-16-22-20-11-7-13-28-24(20)30-31(22)5)32-14-8-10-19(17-32)21(27)15-25(2,3)4/h6-7,9,11,13,19,21-23,29H,1,8,10,12,14-17,27H2,2-5H3,(H,28,30). The first-order valence-corrected chi connectivity index (χ1v) is 11.8. The topological polar surface area (TPSA) is 69.5 Å². The average molecular weight is 445 g/mol. The Balaban J connectivity index is 1.67. The molecule has 0 radical (unpaired) electrons. The number of likely N-dealkylation sites (N-methyl/N-ethyl adjacent to an activating group) is 1. The largest absolute Gasteiger partial charge is 0.327 e. The molecule has 0 amide bonds. The molecular formula is C25H41FN6. The maximum Gasteiger partial charge on any atom is 0.145 e. The molecule has 0 saturated carbocycles. The molecule has 32 heavy (non-hydrogen) atoms. The Morgan fingerprint density at radius 2 is 2.25 bits per heavy atom. The molecule has 0 bridgehead atoms. The number of hydrazine groups is 1. The van der Waals surface area contributed by atoms with Crippen molar-refractivity contribution in [2.75, 3.05) is 32.1 Å². The summed E-state index contributed by atoms with van der Waals surface area (Å²) in [5.41, 5.74) is 11.4. The molecule has 4 atom stereocenters. The second-order valence-corrected chi connectivity index (χ2v) is 10.5. The zero-order valence-electron chi connectivity index (χ0n) is 20.1. The number of nitrogens with one attached hydrogen (secondary N) is 2. The summed E-state index contributed by atoms with van der Waals surface area (Å²) < 4.78 is 13.2. The van der Waals surface area contributed by atoms with E-state index in [4.69, 9.17) is 5.73 Å². The number of halogens is 1. The predicted octanol–water partition coefficient (Wildman–Crippen LogP) is 4.22. The van der Waals surface area contributed by atoms with Crippen molar-refractivity contribution in [3.05, 3.63) is 48.5 Å². The Bertz CT molecular complexity index is 789. The third-order valence-electron chi connectivity index (χ3n) is 6.54. The first-order valence-electron chi connectivity index (χ1n) is 11.8. The summed E-state index contributed by atoms with van der Waals surface area (Å²) >= 11 is 0. The molecule has 1 fully saturated rings. The number of aromatic nitrogens is 1. The molecule has 1 aromatic heterocycles. The fraction of sp³-hybridized carbons (Fsp3) is 0.640. The van der Waals surface area contributed by atoms with Gasteiger partial charge in [0.15, 0.2) is 0 Å². The monoisotopic (exact) mass is 444 g/mol. The van der Waals surface area contributed by atoms with E-state index < -0.39 is 5.83 Å². The normalized spacial score (nSPS) is 24.3. The minimum atomic E-state index is -0.410. The molecule has 178 valence electrons. The smallest absolute Gasteiger partial charge is 0.145 e. The fourth-order valence-electron chi connectivity index (χ4n) is 4.96. The van der Waals surface area contributed by atoms with Crippen molar-refractivity contribution >= 4 is 5.82 Å². The lowest BCUT2D eigenvalue weighted by atomic mass is 9.80. The van der Waals surface area contributed by atoms with Gasteiger partial charge in [-0.15, -0.1) is 0 Å². The van der Waals surface area contributed by atoms with Gasteiger partial charge in [0.25, 0.3) is 0 Å². The summed E-state index contributed by atoms with van der Waals surface area (Å²) in [4.78, 5) is 6.93. The van der Waals surface area contributed by atoms with E-state index in [-0.39, 0.29) is 23.7 Å². The van der Waals surface area contributed by atoms with Crippen LogP contribution in [0.15, 0.2) is 42.9 Å². The van der Waals surface area contributed by atoms with Crippen LogP contribution in [-0.4, -0.2) is 53.8 Å². The summed E-state index contributed by atoms with van der Waals surface area (Å²) in [7, 11) is 2.04. The Morgan fingerprint density at radius 3 is 2.97 bits per heavy atom. The van der Waals surface area contributed by atoms with E-state index in [9.17, 15) is 4.39 Å². The van der Waals surface area contributed by atoms with Gasteiger partial charge in [-0.2, -0.15) is 0 Å². The zero-order valence-corrected chi connectivity index (χ0v) is 20.1. The van der Waals surface area contributed by atoms with Gasteiger partial charge in [-0.3, -0.25) is 10.2 Å². The highest BCUT2D eigenvalue weighted by Gasteiger charge is 2.32. The summed E-state index contributed by atoms with van der Waals surface area (Å²) in [5.74, 6) is 0.985. The third-order valence-corrected chi connectivity index (χ3v) is 6.54. The molecule has 4 N–H and O–H groups in total. The number of anilines is 1. The van der Waals surface area contributed by atoms with Crippen molar-refractivity contribution in [3.63, 3.8) is 0 Å². The lowest BCUT2D eigenvalue weighted by molar-refractivity contribution is 0.0824. The van der Waals surface area contributed by atoms with Gasteiger partial charge in [-0.25, -0.2) is 14.4 Å². The number of rotatable bonds is 9. The van der Waals surface area contributed by atoms with Crippen LogP contribution in [0.3, 0.4) is 0 Å². The highest BCUT2D eigenvalue weighted by molar-refractivity contribution is 5.49. The second kappa shape index (κ2) is 10.9. The van der Waals surface area contributed by atoms with Crippen molar-refractivity contribution in [2.45, 2.75) is 64.7 Å². The van der Waals surface area contributed by atoms with Crippen molar-refractivity contribution in [1.82, 2.24) is 20.2 Å². The SMILES string of the molecule is C=C(F)C=CCC(NCC1c2cccnc2NN1C)N1CCCC(C(N)CC(C)(C)C)C1. The molecule has 0 aromatic carbocycles. The minimum Gasteiger partial charge on any atom is -0.327 e. The number of hydrogen-bond donors (Lipinski definition) is 3. The number of allylic oxidation sites excluding steroid dienone is 2. The van der Waals surface area contributed by atoms with E-state index in [1.54, 1.807) is 0 Å². The van der Waals surface area contributed by atoms with Gasteiger partial charge < -0.3 is 11.2 Å². The molecule has 4 unspecified atom stereocenters. The van der Waals surface area contributed by atoms with Crippen LogP contribution >= 0.6 is 0 Å². The molecule has 7 heteroatoms. The first kappa shape index (κ1) is 24.8. The molecule has 2 aliphatic rings. The van der Waals surface area contributed by atoms with Gasteiger partial charge in [0.05, 0.1) is 12.2 Å². The molecular weight excluding hydrogens is 403 g/mol. The second-order valence-electron chi connectivity index (χ2n) is 10.5. The quantitative estimate of drug-likeness (QED) is 0.496. The lowest BCUT2D eigenvalue weighted by Gasteiger charge is -2.41. The molecule has 0 spiro atoms. The fourth-order valence-corrected chi connectivity index (χ4v) is 4.96. The highest BCUT2D eigenvalue weighted by Crippen LogP contribution is 2.32. The minimum absolute atomic E-state index is 0.115. The van der Waals surface area contributed by atoms with Crippen molar-refractivity contribution in [1.29, 1.82) is 0 Å². The molecule has 1 aromatic rings. The third kappa shape index (κ3) is 6.85. The molecule has 3 rings (SSSR count). The van der Waals surface area contributed by atoms with Gasteiger partial charge in [0, 0.05) is 37.9 Å². The summed E-state index contributed by atoms with van der Waals surface area (Å²) in [6.45, 7) is 12.9. The number of pyridine rings is 1. The first-order chi connectivity index (χ1) is 15.1. The van der Waals surface area contributed by atoms with Crippen LogP contribution in [0.2, 0.25) is 0 Å². The van der Waals surface area contributed by atoms with Crippen LogP contribution < -0.4 is 16.5 Å². The van der Waals surface area contributed by atoms with Crippen LogP contribution in [-0.2, 0) is 0 Å². The molecule has 0 aliphatic carbocycles. The molecule has 3 heterocycles. The van der Waals surface area contributed by atoms with E-state index in [1.807, 2.05) is 25.4 Å². The molecule has 2 aliphatic heterocycles. The summed E-state index contributed by atoms with van der Waals surface area (Å²) in [6, 6.07) is 4.48. The van der Waals surface area contributed by atoms with Crippen LogP contribution in [0.25, 0.3) is 0 Å². The van der Waals surface area contributed by atoms with Gasteiger partial charge in [0.2, 0.25) is 0 Å². The van der Waals surface area contributed by atoms with E-state index in [0.29, 0.717) is 12.3 Å². The van der Waals surface area contributed by atoms with Crippen molar-refractivity contribution in [3.8, 4) is 0 Å². The molecule has 1 saturated heterocycles. The summed E-state index contributed by atoms with van der Waals surface area (Å²) in [6.07, 6.45) is 9.31. The van der Waals surface area contributed by atoms with E-state index in [1.165, 1.54) is 18.1 Å². The number of hydrogen-bond acceptors (Lipinski definition) is 6. The van der Waals surface area contributed by atoms with Crippen LogP contribution in [0.1, 0.15) is 58.1 Å². The number of nitrogens with two attached hydrogens (primary N) is 1. The number of nitrogens with zero attached hydrogens (tertiary/aromatic N) is 3. The maximum absolute atomic E-state index is 13.2. The summed E-state index contributed by atoms with van der Waals surface area (Å²) in [5, 5.41) is 5.85. The Labute approximate surface area is 193 Å². The van der Waals surface area contributed by atoms with Crippen molar-refractivity contribution < 1.29 is 4.39 Å². The van der Waals surface area contributed by atoms with Gasteiger partial charge in [0.1, 0.15) is 11.6 Å². The van der Waals surface area contributed by atoms with Crippen molar-refractivity contribution in [2.24, 2.45) is 17.1 Å². The Morgan fingerprint density at radius 1 is 1.47 bits per heavy atom. The maximum atomic E-state index is 13.2. The van der Waals surface area contributed by atoms with Gasteiger partial charge in [-0.05, 0) is 55.7 Å². The number of fused-ring (bicyclic) bond motifs is 1. The van der Waals surface area contributed by atoms with Gasteiger partial charge >= 0.3 is 0 Å². The number of piperidine rings is 1. The van der Waals surface area contributed by atoms with Crippen LogP contribution in [0.5, 0.6) is 0 Å². The highest BCUT2D eigenvalue weighted by atomic mass is 19.1. The molecule has 6 nitrogen and oxygen atoms in total. The average Bonchev–Trinajstić information content (AvgIpc) is 3.04. The number of likely N-dealkylation sites (tertiary alicyclic amines) is 1. The lowest BCUT2D eigenvalue weighted by Crippen LogP contribution is -2.53. The Hall–Kier alpha value is -1.80. The van der Waals surface area contributed by atoms with Crippen LogP contribution in [0, 0.1) is 11.3 Å². The Kier molecular flexibility index (Phi) is 8.44. The van der Waals surface area contributed by atoms with E-state index >= 15 is 0 Å². The zero-order chi connectivity index (χ0) is 23.3. The van der Waals surface area contributed by atoms with Crippen LogP contribution in [0.4, 0.5) is 10.2 Å². The van der Waals surface area contributed by atoms with E-state index in [0.717, 1.165) is 38.3 Å². The van der Waals surface area contributed by atoms with Gasteiger partial charge in [-0.1, -0.05) is 39.5 Å². The van der Waals surface area contributed by atoms with E-state index in [2.05, 4.69) is 59.1 Å². The predicted molar refractivity (Wildman–Crippen MR) is 131 cm³/mol.